The lowest BCUT2D eigenvalue weighted by Crippen LogP contribution is -2.29. The summed E-state index contributed by atoms with van der Waals surface area (Å²) < 4.78 is 96.8. The first-order valence-corrected chi connectivity index (χ1v) is 12.7. The van der Waals surface area contributed by atoms with E-state index >= 15 is 0 Å². The second-order valence-corrected chi connectivity index (χ2v) is 10.7. The van der Waals surface area contributed by atoms with Gasteiger partial charge in [-0.1, -0.05) is 13.8 Å². The fraction of sp³-hybridized carbons (Fsp3) is 0.364. The summed E-state index contributed by atoms with van der Waals surface area (Å²) in [5.41, 5.74) is -3.65. The lowest BCUT2D eigenvalue weighted by atomic mass is 10.0. The number of halogens is 6. The standard InChI is InChI=1S/C22H22F6N6O2S/c1-4-37(36,5-2)33-17-6-7-18(29-11-17)34-19(30-12-31-34)13(3)32-20(35)14-8-15(21(23,24)25)10-16(9-14)22(26,27)28/h6-13H,4-5H2,1-3H3,(H,32,35)/t13-/m0/s1. The Balaban J connectivity index is 1.88. The van der Waals surface area contributed by atoms with Crippen LogP contribution < -0.4 is 5.32 Å². The molecule has 0 spiro atoms. The molecule has 2 heterocycles. The highest BCUT2D eigenvalue weighted by Gasteiger charge is 2.37. The van der Waals surface area contributed by atoms with Crippen LogP contribution in [0.1, 0.15) is 54.1 Å². The average molecular weight is 549 g/mol. The van der Waals surface area contributed by atoms with Gasteiger partial charge in [0.2, 0.25) is 0 Å². The molecule has 1 N–H and O–H groups in total. The number of aromatic nitrogens is 4. The van der Waals surface area contributed by atoms with E-state index in [2.05, 4.69) is 24.7 Å². The summed E-state index contributed by atoms with van der Waals surface area (Å²) in [5, 5.41) is 6.37. The molecule has 0 aliphatic heterocycles. The van der Waals surface area contributed by atoms with E-state index in [9.17, 15) is 35.3 Å². The molecule has 8 nitrogen and oxygen atoms in total. The van der Waals surface area contributed by atoms with Gasteiger partial charge in [-0.3, -0.25) is 4.79 Å². The van der Waals surface area contributed by atoms with Gasteiger partial charge in [0.1, 0.15) is 6.33 Å². The van der Waals surface area contributed by atoms with Gasteiger partial charge >= 0.3 is 12.4 Å². The number of benzene rings is 1. The second kappa shape index (κ2) is 10.5. The Labute approximate surface area is 208 Å². The van der Waals surface area contributed by atoms with Gasteiger partial charge in [0.15, 0.2) is 11.6 Å². The molecule has 0 saturated carbocycles. The van der Waals surface area contributed by atoms with E-state index in [1.807, 2.05) is 0 Å². The molecule has 1 aromatic carbocycles. The Morgan fingerprint density at radius 1 is 1.03 bits per heavy atom. The minimum atomic E-state index is -5.09. The largest absolute Gasteiger partial charge is 0.416 e. The zero-order chi connectivity index (χ0) is 27.6. The number of hydrogen-bond donors (Lipinski definition) is 1. The lowest BCUT2D eigenvalue weighted by molar-refractivity contribution is -0.143. The topological polar surface area (TPSA) is 102 Å². The first kappa shape index (κ1) is 28.1. The molecular formula is C22H22F6N6O2S. The number of nitrogens with zero attached hydrogens (tertiary/aromatic N) is 5. The third kappa shape index (κ3) is 6.64. The van der Waals surface area contributed by atoms with Crippen molar-refractivity contribution < 1.29 is 35.3 Å². The molecule has 15 heteroatoms. The summed E-state index contributed by atoms with van der Waals surface area (Å²) in [6.45, 7) is 4.95. The van der Waals surface area contributed by atoms with E-state index < -0.39 is 50.7 Å². The number of hydrogen-bond acceptors (Lipinski definition) is 6. The third-order valence-electron chi connectivity index (χ3n) is 5.28. The fourth-order valence-corrected chi connectivity index (χ4v) is 4.39. The summed E-state index contributed by atoms with van der Waals surface area (Å²) in [6, 6.07) is 2.72. The van der Waals surface area contributed by atoms with Gasteiger partial charge in [0.05, 0.1) is 38.8 Å². The van der Waals surface area contributed by atoms with Crippen LogP contribution in [0.2, 0.25) is 0 Å². The maximum Gasteiger partial charge on any atom is 0.416 e. The van der Waals surface area contributed by atoms with Gasteiger partial charge in [-0.15, -0.1) is 0 Å². The first-order chi connectivity index (χ1) is 17.2. The maximum atomic E-state index is 13.1. The summed E-state index contributed by atoms with van der Waals surface area (Å²) in [5.74, 6) is -0.0856. The van der Waals surface area contributed by atoms with Crippen LogP contribution in [0.3, 0.4) is 0 Å². The molecule has 1 amide bonds. The Morgan fingerprint density at radius 2 is 1.62 bits per heavy atom. The van der Waals surface area contributed by atoms with E-state index in [1.54, 1.807) is 19.9 Å². The highest BCUT2D eigenvalue weighted by molar-refractivity contribution is 7.93. The number of amides is 1. The Hall–Kier alpha value is -3.49. The highest BCUT2D eigenvalue weighted by Crippen LogP contribution is 2.36. The molecule has 0 fully saturated rings. The van der Waals surface area contributed by atoms with Crippen LogP contribution in [0.5, 0.6) is 0 Å². The van der Waals surface area contributed by atoms with Crippen LogP contribution in [0, 0.1) is 0 Å². The van der Waals surface area contributed by atoms with Crippen molar-refractivity contribution in [1.82, 2.24) is 25.1 Å². The molecule has 200 valence electrons. The predicted molar refractivity (Wildman–Crippen MR) is 123 cm³/mol. The van der Waals surface area contributed by atoms with Crippen LogP contribution in [0.4, 0.5) is 32.0 Å². The van der Waals surface area contributed by atoms with Crippen molar-refractivity contribution in [2.45, 2.75) is 39.2 Å². The van der Waals surface area contributed by atoms with Crippen LogP contribution in [-0.4, -0.2) is 41.4 Å². The van der Waals surface area contributed by atoms with E-state index in [4.69, 9.17) is 0 Å². The molecule has 0 aliphatic carbocycles. The molecule has 0 bridgehead atoms. The lowest BCUT2D eigenvalue weighted by Gasteiger charge is -2.17. The van der Waals surface area contributed by atoms with Crippen molar-refractivity contribution in [3.05, 3.63) is 65.4 Å². The smallest absolute Gasteiger partial charge is 0.342 e. The van der Waals surface area contributed by atoms with Gasteiger partial charge in [0.25, 0.3) is 5.91 Å². The maximum absolute atomic E-state index is 13.1. The van der Waals surface area contributed by atoms with Crippen molar-refractivity contribution in [1.29, 1.82) is 0 Å². The van der Waals surface area contributed by atoms with E-state index in [0.717, 1.165) is 6.33 Å². The Kier molecular flexibility index (Phi) is 7.95. The predicted octanol–water partition coefficient (Wildman–Crippen LogP) is 5.33. The average Bonchev–Trinajstić information content (AvgIpc) is 3.33. The minimum absolute atomic E-state index is 0.0577. The van der Waals surface area contributed by atoms with Crippen LogP contribution in [-0.2, 0) is 22.1 Å². The molecule has 0 saturated heterocycles. The van der Waals surface area contributed by atoms with Crippen LogP contribution in [0.25, 0.3) is 5.82 Å². The van der Waals surface area contributed by atoms with Gasteiger partial charge in [-0.05, 0) is 37.3 Å². The molecule has 0 radical (unpaired) electrons. The van der Waals surface area contributed by atoms with Crippen molar-refractivity contribution in [3.8, 4) is 5.82 Å². The first-order valence-electron chi connectivity index (χ1n) is 10.9. The minimum Gasteiger partial charge on any atom is -0.342 e. The van der Waals surface area contributed by atoms with Gasteiger partial charge < -0.3 is 5.32 Å². The number of alkyl halides is 6. The molecule has 0 unspecified atom stereocenters. The molecule has 2 aromatic heterocycles. The van der Waals surface area contributed by atoms with Crippen molar-refractivity contribution in [2.24, 2.45) is 4.36 Å². The molecule has 1 atom stereocenters. The van der Waals surface area contributed by atoms with E-state index in [1.165, 1.54) is 23.9 Å². The summed E-state index contributed by atoms with van der Waals surface area (Å²) in [6.07, 6.45) is -7.66. The van der Waals surface area contributed by atoms with Crippen molar-refractivity contribution in [2.75, 3.05) is 11.5 Å². The molecular weight excluding hydrogens is 526 g/mol. The monoisotopic (exact) mass is 548 g/mol. The SMILES string of the molecule is CCS(=O)(CC)=Nc1ccc(-n2ncnc2[C@H](C)NC(=O)c2cc(C(F)(F)F)cc(C(F)(F)F)c2)nc1. The van der Waals surface area contributed by atoms with E-state index in [0.29, 0.717) is 29.3 Å². The number of pyridine rings is 1. The number of carbonyl (C=O) groups is 1. The molecule has 0 aliphatic rings. The second-order valence-electron chi connectivity index (χ2n) is 7.84. The number of carbonyl (C=O) groups excluding carboxylic acids is 1. The summed E-state index contributed by atoms with van der Waals surface area (Å²) >= 11 is 0. The van der Waals surface area contributed by atoms with Crippen molar-refractivity contribution in [3.63, 3.8) is 0 Å². The molecule has 3 rings (SSSR count). The fourth-order valence-electron chi connectivity index (χ4n) is 3.24. The van der Waals surface area contributed by atoms with E-state index in [-0.39, 0.29) is 17.7 Å². The van der Waals surface area contributed by atoms with Gasteiger partial charge in [-0.2, -0.15) is 40.5 Å². The number of nitrogens with one attached hydrogen (secondary N) is 1. The van der Waals surface area contributed by atoms with Gasteiger partial charge in [0, 0.05) is 17.1 Å². The van der Waals surface area contributed by atoms with Crippen molar-refractivity contribution >= 4 is 21.3 Å². The molecule has 37 heavy (non-hydrogen) atoms. The zero-order valence-electron chi connectivity index (χ0n) is 19.8. The highest BCUT2D eigenvalue weighted by atomic mass is 32.2. The number of rotatable bonds is 7. The van der Waals surface area contributed by atoms with Gasteiger partial charge in [-0.25, -0.2) is 14.2 Å². The van der Waals surface area contributed by atoms with Crippen LogP contribution in [0.15, 0.2) is 47.2 Å². The Morgan fingerprint density at radius 3 is 2.11 bits per heavy atom. The zero-order valence-corrected chi connectivity index (χ0v) is 20.6. The quantitative estimate of drug-likeness (QED) is 0.402. The normalized spacial score (nSPS) is 13.3. The molecule has 3 aromatic rings. The summed E-state index contributed by atoms with van der Waals surface area (Å²) in [7, 11) is -2.41. The Bertz CT molecular complexity index is 1350. The van der Waals surface area contributed by atoms with Crippen LogP contribution >= 0.6 is 0 Å². The third-order valence-corrected chi connectivity index (χ3v) is 7.63. The summed E-state index contributed by atoms with van der Waals surface area (Å²) in [4.78, 5) is 20.9.